The van der Waals surface area contributed by atoms with Crippen LogP contribution in [0.25, 0.3) is 0 Å². The van der Waals surface area contributed by atoms with E-state index in [1.165, 1.54) is 11.1 Å². The molecule has 0 saturated carbocycles. The molecular weight excluding hydrogens is 364 g/mol. The zero-order valence-electron chi connectivity index (χ0n) is 18.9. The molecule has 0 amide bonds. The molecule has 0 atom stereocenters. The Kier molecular flexibility index (Phi) is 7.95. The van der Waals surface area contributed by atoms with Crippen molar-refractivity contribution in [1.82, 2.24) is 0 Å². The summed E-state index contributed by atoms with van der Waals surface area (Å²) >= 11 is 0. The van der Waals surface area contributed by atoms with Gasteiger partial charge in [-0.1, -0.05) is 43.1 Å². The summed E-state index contributed by atoms with van der Waals surface area (Å²) in [5.41, 5.74) is 4.51. The Labute approximate surface area is 175 Å². The molecule has 2 rings (SSSR count). The molecule has 1 N–H and O–H groups in total. The number of ether oxygens (including phenoxy) is 2. The van der Waals surface area contributed by atoms with Crippen LogP contribution in [-0.4, -0.2) is 16.9 Å². The van der Waals surface area contributed by atoms with E-state index in [2.05, 4.69) is 39.8 Å². The minimum Gasteiger partial charge on any atom is -0.508 e. The van der Waals surface area contributed by atoms with E-state index in [0.717, 1.165) is 44.1 Å². The number of hydrogen-bond donors (Lipinski definition) is 1. The van der Waals surface area contributed by atoms with E-state index in [9.17, 15) is 9.90 Å². The molecule has 29 heavy (non-hydrogen) atoms. The first kappa shape index (κ1) is 23.1. The monoisotopic (exact) mass is 400 g/mol. The van der Waals surface area contributed by atoms with Gasteiger partial charge in [0.15, 0.2) is 0 Å². The van der Waals surface area contributed by atoms with Crippen LogP contribution in [0.15, 0.2) is 29.4 Å². The first-order chi connectivity index (χ1) is 13.6. The van der Waals surface area contributed by atoms with Crippen LogP contribution in [0.1, 0.15) is 95.1 Å². The van der Waals surface area contributed by atoms with Gasteiger partial charge in [-0.15, -0.1) is 0 Å². The summed E-state index contributed by atoms with van der Waals surface area (Å²) in [5.74, 6) is -0.747. The number of phenolic OH excluding ortho intramolecular Hbond substituents is 1. The number of fused-ring (bicyclic) bond motifs is 1. The Morgan fingerprint density at radius 1 is 1.14 bits per heavy atom. The quantitative estimate of drug-likeness (QED) is 0.286. The zero-order valence-corrected chi connectivity index (χ0v) is 18.9. The Bertz CT molecular complexity index is 796. The van der Waals surface area contributed by atoms with Crippen LogP contribution in [0.5, 0.6) is 11.5 Å². The van der Waals surface area contributed by atoms with Crippen molar-refractivity contribution in [2.24, 2.45) is 0 Å². The van der Waals surface area contributed by atoms with E-state index in [1.807, 2.05) is 0 Å². The second-order valence-electron chi connectivity index (χ2n) is 8.66. The number of allylic oxidation sites excluding steroid dienone is 4. The van der Waals surface area contributed by atoms with Gasteiger partial charge < -0.3 is 14.6 Å². The van der Waals surface area contributed by atoms with Crippen LogP contribution in [0.3, 0.4) is 0 Å². The molecule has 4 heteroatoms. The van der Waals surface area contributed by atoms with Crippen molar-refractivity contribution in [2.45, 2.75) is 92.3 Å². The fraction of sp³-hybridized carbons (Fsp3) is 0.560. The molecule has 0 fully saturated rings. The second-order valence-corrected chi connectivity index (χ2v) is 8.66. The lowest BCUT2D eigenvalue weighted by Gasteiger charge is -2.34. The molecule has 0 saturated heterocycles. The second kappa shape index (κ2) is 10.00. The van der Waals surface area contributed by atoms with Gasteiger partial charge >= 0.3 is 5.97 Å². The largest absolute Gasteiger partial charge is 0.508 e. The number of phenols is 1. The molecule has 0 radical (unpaired) electrons. The maximum absolute atomic E-state index is 12.8. The van der Waals surface area contributed by atoms with Crippen molar-refractivity contribution in [1.29, 1.82) is 0 Å². The fourth-order valence-corrected chi connectivity index (χ4v) is 3.54. The van der Waals surface area contributed by atoms with E-state index in [-0.39, 0.29) is 11.7 Å². The van der Waals surface area contributed by atoms with Crippen LogP contribution in [0.4, 0.5) is 0 Å². The van der Waals surface area contributed by atoms with Crippen LogP contribution in [0, 0.1) is 0 Å². The van der Waals surface area contributed by atoms with Crippen LogP contribution >= 0.6 is 0 Å². The highest BCUT2D eigenvalue weighted by Gasteiger charge is 2.37. The molecule has 0 unspecified atom stereocenters. The summed E-state index contributed by atoms with van der Waals surface area (Å²) in [5, 5.41) is 10.8. The van der Waals surface area contributed by atoms with Crippen molar-refractivity contribution < 1.29 is 19.4 Å². The van der Waals surface area contributed by atoms with Gasteiger partial charge in [-0.05, 0) is 64.5 Å². The molecule has 1 aromatic carbocycles. The average molecular weight is 401 g/mol. The molecule has 1 aliphatic heterocycles. The Balaban J connectivity index is 2.36. The van der Waals surface area contributed by atoms with Gasteiger partial charge in [0, 0.05) is 19.4 Å². The highest BCUT2D eigenvalue weighted by atomic mass is 16.7. The molecule has 160 valence electrons. The van der Waals surface area contributed by atoms with E-state index in [4.69, 9.17) is 9.47 Å². The minimum absolute atomic E-state index is 0.189. The third-order valence-corrected chi connectivity index (χ3v) is 5.13. The van der Waals surface area contributed by atoms with Gasteiger partial charge in [0.2, 0.25) is 5.79 Å². The number of esters is 1. The average Bonchev–Trinajstić information content (AvgIpc) is 2.59. The summed E-state index contributed by atoms with van der Waals surface area (Å²) in [4.78, 5) is 12.8. The normalized spacial score (nSPS) is 15.4. The number of rotatable bonds is 9. The highest BCUT2D eigenvalue weighted by molar-refractivity contribution is 5.96. The highest BCUT2D eigenvalue weighted by Crippen LogP contribution is 2.42. The minimum atomic E-state index is -1.05. The van der Waals surface area contributed by atoms with E-state index >= 15 is 0 Å². The van der Waals surface area contributed by atoms with Crippen molar-refractivity contribution in [2.75, 3.05) is 0 Å². The molecule has 1 aromatic rings. The van der Waals surface area contributed by atoms with Gasteiger partial charge in [0.25, 0.3) is 0 Å². The lowest BCUT2D eigenvalue weighted by molar-refractivity contribution is -0.128. The van der Waals surface area contributed by atoms with E-state index < -0.39 is 5.79 Å². The SMILES string of the molecule is CCCCCc1cc(O)c(C/C=C(\C)CCC=C(C)C)c2c1C(=O)OC(C)(C)O2. The Morgan fingerprint density at radius 2 is 1.86 bits per heavy atom. The van der Waals surface area contributed by atoms with Crippen molar-refractivity contribution >= 4 is 5.97 Å². The molecule has 0 aliphatic carbocycles. The van der Waals surface area contributed by atoms with Crippen LogP contribution in [-0.2, 0) is 17.6 Å². The summed E-state index contributed by atoms with van der Waals surface area (Å²) < 4.78 is 11.5. The number of aromatic hydroxyl groups is 1. The number of hydrogen-bond acceptors (Lipinski definition) is 4. The third-order valence-electron chi connectivity index (χ3n) is 5.13. The molecule has 0 spiro atoms. The van der Waals surface area contributed by atoms with Crippen molar-refractivity contribution in [3.05, 3.63) is 46.1 Å². The Hall–Kier alpha value is -2.23. The molecule has 1 aliphatic rings. The van der Waals surface area contributed by atoms with E-state index in [0.29, 0.717) is 23.3 Å². The van der Waals surface area contributed by atoms with Gasteiger partial charge in [-0.3, -0.25) is 0 Å². The van der Waals surface area contributed by atoms with Crippen molar-refractivity contribution in [3.8, 4) is 11.5 Å². The summed E-state index contributed by atoms with van der Waals surface area (Å²) in [7, 11) is 0. The van der Waals surface area contributed by atoms with Gasteiger partial charge in [0.05, 0.1) is 0 Å². The smallest absolute Gasteiger partial charge is 0.345 e. The zero-order chi connectivity index (χ0) is 21.6. The number of benzene rings is 1. The van der Waals surface area contributed by atoms with Gasteiger partial charge in [-0.25, -0.2) is 4.79 Å². The van der Waals surface area contributed by atoms with Crippen LogP contribution < -0.4 is 4.74 Å². The van der Waals surface area contributed by atoms with Gasteiger partial charge in [-0.2, -0.15) is 0 Å². The molecule has 4 nitrogen and oxygen atoms in total. The summed E-state index contributed by atoms with van der Waals surface area (Å²) in [6.45, 7) is 11.9. The number of carbonyl (C=O) groups is 1. The summed E-state index contributed by atoms with van der Waals surface area (Å²) in [6, 6.07) is 1.72. The molecular formula is C25H36O4. The summed E-state index contributed by atoms with van der Waals surface area (Å²) in [6.07, 6.45) is 10.7. The number of aryl methyl sites for hydroxylation is 1. The van der Waals surface area contributed by atoms with Gasteiger partial charge in [0.1, 0.15) is 17.1 Å². The topological polar surface area (TPSA) is 55.8 Å². The standard InChI is InChI=1S/C25H36O4/c1-7-8-9-13-19-16-21(26)20(15-14-18(4)12-10-11-17(2)3)23-22(19)24(27)29-25(5,6)28-23/h11,14,16,26H,7-10,12-13,15H2,1-6H3/b18-14+. The maximum atomic E-state index is 12.8. The Morgan fingerprint density at radius 3 is 2.52 bits per heavy atom. The predicted molar refractivity (Wildman–Crippen MR) is 118 cm³/mol. The van der Waals surface area contributed by atoms with E-state index in [1.54, 1.807) is 19.9 Å². The molecule has 0 aromatic heterocycles. The molecule has 0 bridgehead atoms. The fourth-order valence-electron chi connectivity index (χ4n) is 3.54. The third kappa shape index (κ3) is 6.38. The first-order valence-corrected chi connectivity index (χ1v) is 10.7. The van der Waals surface area contributed by atoms with Crippen LogP contribution in [0.2, 0.25) is 0 Å². The number of unbranched alkanes of at least 4 members (excludes halogenated alkanes) is 2. The first-order valence-electron chi connectivity index (χ1n) is 10.7. The lowest BCUT2D eigenvalue weighted by atomic mass is 9.94. The lowest BCUT2D eigenvalue weighted by Crippen LogP contribution is -2.39. The number of cyclic esters (lactones) is 1. The predicted octanol–water partition coefficient (Wildman–Crippen LogP) is 6.65. The molecule has 1 heterocycles. The van der Waals surface area contributed by atoms with Crippen molar-refractivity contribution in [3.63, 3.8) is 0 Å². The maximum Gasteiger partial charge on any atom is 0.345 e. The number of carbonyl (C=O) groups excluding carboxylic acids is 1.